The second-order valence-corrected chi connectivity index (χ2v) is 8.16. The minimum Gasteiger partial charge on any atom is -0.508 e. The summed E-state index contributed by atoms with van der Waals surface area (Å²) < 4.78 is 5.60. The Kier molecular flexibility index (Phi) is 6.51. The number of ether oxygens (including phenoxy) is 1. The van der Waals surface area contributed by atoms with Crippen LogP contribution in [-0.4, -0.2) is 47.1 Å². The van der Waals surface area contributed by atoms with Gasteiger partial charge < -0.3 is 20.1 Å². The number of nitrogens with zero attached hydrogens (tertiary/aromatic N) is 1. The number of amides is 2. The highest BCUT2D eigenvalue weighted by Crippen LogP contribution is 2.22. The largest absolute Gasteiger partial charge is 0.508 e. The van der Waals surface area contributed by atoms with Crippen molar-refractivity contribution in [1.82, 2.24) is 10.2 Å². The van der Waals surface area contributed by atoms with Gasteiger partial charge in [0.1, 0.15) is 11.5 Å². The van der Waals surface area contributed by atoms with Crippen LogP contribution in [-0.2, 0) is 9.59 Å². The Hall–Kier alpha value is -2.24. The Morgan fingerprint density at radius 3 is 2.35 bits per heavy atom. The lowest BCUT2D eigenvalue weighted by Crippen LogP contribution is -2.49. The van der Waals surface area contributed by atoms with Crippen molar-refractivity contribution in [3.8, 4) is 11.5 Å². The molecule has 144 valence electrons. The molecule has 0 saturated carbocycles. The standard InChI is InChI=1S/C20H30N2O4/c1-14(26-17-7-5-16(23)6-8-17)19(25)21-15-9-11-22(12-10-15)18(24)13-20(2,3)4/h5-8,14-15,23H,9-13H2,1-4H3,(H,21,25). The molecule has 2 N–H and O–H groups in total. The average molecular weight is 362 g/mol. The van der Waals surface area contributed by atoms with E-state index in [1.807, 2.05) is 4.90 Å². The number of nitrogens with one attached hydrogen (secondary N) is 1. The molecule has 6 nitrogen and oxygen atoms in total. The number of carbonyl (C=O) groups is 2. The molecule has 1 aliphatic heterocycles. The Morgan fingerprint density at radius 1 is 1.23 bits per heavy atom. The lowest BCUT2D eigenvalue weighted by molar-refractivity contribution is -0.134. The number of phenolic OH excluding ortho intramolecular Hbond substituents is 1. The van der Waals surface area contributed by atoms with Gasteiger partial charge in [0.2, 0.25) is 5.91 Å². The zero-order valence-corrected chi connectivity index (χ0v) is 16.1. The zero-order chi connectivity index (χ0) is 19.3. The average Bonchev–Trinajstić information content (AvgIpc) is 2.56. The molecule has 1 aromatic carbocycles. The maximum absolute atomic E-state index is 12.3. The van der Waals surface area contributed by atoms with Crippen LogP contribution >= 0.6 is 0 Å². The van der Waals surface area contributed by atoms with Gasteiger partial charge in [-0.05, 0) is 49.4 Å². The van der Waals surface area contributed by atoms with Crippen molar-refractivity contribution < 1.29 is 19.4 Å². The molecule has 1 aliphatic rings. The number of aromatic hydroxyl groups is 1. The highest BCUT2D eigenvalue weighted by atomic mass is 16.5. The van der Waals surface area contributed by atoms with Crippen molar-refractivity contribution in [2.45, 2.75) is 59.1 Å². The molecular formula is C20H30N2O4. The van der Waals surface area contributed by atoms with E-state index in [4.69, 9.17) is 4.74 Å². The molecule has 2 rings (SSSR count). The summed E-state index contributed by atoms with van der Waals surface area (Å²) in [6.45, 7) is 9.23. The predicted octanol–water partition coefficient (Wildman–Crippen LogP) is 2.70. The quantitative estimate of drug-likeness (QED) is 0.844. The van der Waals surface area contributed by atoms with E-state index < -0.39 is 6.10 Å². The molecule has 1 aromatic rings. The van der Waals surface area contributed by atoms with Crippen molar-refractivity contribution in [3.63, 3.8) is 0 Å². The van der Waals surface area contributed by atoms with Gasteiger partial charge in [0, 0.05) is 25.6 Å². The van der Waals surface area contributed by atoms with E-state index in [0.29, 0.717) is 25.3 Å². The van der Waals surface area contributed by atoms with E-state index in [9.17, 15) is 14.7 Å². The SMILES string of the molecule is CC(Oc1ccc(O)cc1)C(=O)NC1CCN(C(=O)CC(C)(C)C)CC1. The third-order valence-electron chi connectivity index (χ3n) is 4.39. The van der Waals surface area contributed by atoms with Gasteiger partial charge in [0.05, 0.1) is 0 Å². The summed E-state index contributed by atoms with van der Waals surface area (Å²) in [6, 6.07) is 6.35. The monoisotopic (exact) mass is 362 g/mol. The molecule has 0 radical (unpaired) electrons. The van der Waals surface area contributed by atoms with Crippen LogP contribution in [0.15, 0.2) is 24.3 Å². The molecule has 26 heavy (non-hydrogen) atoms. The first-order valence-corrected chi connectivity index (χ1v) is 9.18. The van der Waals surface area contributed by atoms with Gasteiger partial charge in [0.15, 0.2) is 6.10 Å². The molecule has 1 saturated heterocycles. The molecule has 0 bridgehead atoms. The van der Waals surface area contributed by atoms with Crippen LogP contribution in [0.5, 0.6) is 11.5 Å². The fourth-order valence-corrected chi connectivity index (χ4v) is 2.94. The molecule has 6 heteroatoms. The Labute approximate surface area is 155 Å². The molecule has 1 heterocycles. The smallest absolute Gasteiger partial charge is 0.260 e. The van der Waals surface area contributed by atoms with E-state index in [1.165, 1.54) is 12.1 Å². The van der Waals surface area contributed by atoms with Crippen molar-refractivity contribution in [1.29, 1.82) is 0 Å². The topological polar surface area (TPSA) is 78.9 Å². The summed E-state index contributed by atoms with van der Waals surface area (Å²) in [5.41, 5.74) is -0.0108. The number of carbonyl (C=O) groups excluding carboxylic acids is 2. The molecule has 0 aromatic heterocycles. The van der Waals surface area contributed by atoms with Crippen LogP contribution in [0.4, 0.5) is 0 Å². The fourth-order valence-electron chi connectivity index (χ4n) is 2.94. The first-order chi connectivity index (χ1) is 12.1. The summed E-state index contributed by atoms with van der Waals surface area (Å²) >= 11 is 0. The van der Waals surface area contributed by atoms with E-state index in [-0.39, 0.29) is 29.0 Å². The maximum Gasteiger partial charge on any atom is 0.260 e. The first kappa shape index (κ1) is 20.1. The number of piperidine rings is 1. The maximum atomic E-state index is 12.3. The molecule has 1 fully saturated rings. The molecule has 2 amide bonds. The van der Waals surface area contributed by atoms with Crippen LogP contribution in [0, 0.1) is 5.41 Å². The van der Waals surface area contributed by atoms with E-state index in [2.05, 4.69) is 26.1 Å². The fraction of sp³-hybridized carbons (Fsp3) is 0.600. The van der Waals surface area contributed by atoms with Crippen LogP contribution < -0.4 is 10.1 Å². The Bertz CT molecular complexity index is 614. The zero-order valence-electron chi connectivity index (χ0n) is 16.1. The van der Waals surface area contributed by atoms with Crippen LogP contribution in [0.2, 0.25) is 0 Å². The summed E-state index contributed by atoms with van der Waals surface area (Å²) in [5.74, 6) is 0.708. The van der Waals surface area contributed by atoms with Gasteiger partial charge >= 0.3 is 0 Å². The van der Waals surface area contributed by atoms with Crippen molar-refractivity contribution in [2.24, 2.45) is 5.41 Å². The third-order valence-corrected chi connectivity index (χ3v) is 4.39. The summed E-state index contributed by atoms with van der Waals surface area (Å²) in [6.07, 6.45) is 1.43. The van der Waals surface area contributed by atoms with E-state index >= 15 is 0 Å². The van der Waals surface area contributed by atoms with Gasteiger partial charge in [-0.15, -0.1) is 0 Å². The number of likely N-dealkylation sites (tertiary alicyclic amines) is 1. The highest BCUT2D eigenvalue weighted by molar-refractivity contribution is 5.81. The van der Waals surface area contributed by atoms with Crippen molar-refractivity contribution in [2.75, 3.05) is 13.1 Å². The van der Waals surface area contributed by atoms with Gasteiger partial charge in [-0.1, -0.05) is 20.8 Å². The van der Waals surface area contributed by atoms with Gasteiger partial charge in [-0.3, -0.25) is 9.59 Å². The predicted molar refractivity (Wildman–Crippen MR) is 100 cm³/mol. The summed E-state index contributed by atoms with van der Waals surface area (Å²) in [4.78, 5) is 26.5. The molecule has 0 aliphatic carbocycles. The van der Waals surface area contributed by atoms with Crippen molar-refractivity contribution >= 4 is 11.8 Å². The van der Waals surface area contributed by atoms with E-state index in [0.717, 1.165) is 12.8 Å². The molecular weight excluding hydrogens is 332 g/mol. The third kappa shape index (κ3) is 6.24. The number of benzene rings is 1. The first-order valence-electron chi connectivity index (χ1n) is 9.18. The van der Waals surface area contributed by atoms with Crippen LogP contribution in [0.25, 0.3) is 0 Å². The summed E-state index contributed by atoms with van der Waals surface area (Å²) in [5, 5.41) is 12.3. The van der Waals surface area contributed by atoms with Crippen LogP contribution in [0.1, 0.15) is 47.0 Å². The summed E-state index contributed by atoms with van der Waals surface area (Å²) in [7, 11) is 0. The Balaban J connectivity index is 1.76. The minimum atomic E-state index is -0.625. The van der Waals surface area contributed by atoms with E-state index in [1.54, 1.807) is 19.1 Å². The Morgan fingerprint density at radius 2 is 1.81 bits per heavy atom. The second-order valence-electron chi connectivity index (χ2n) is 8.16. The van der Waals surface area contributed by atoms with Gasteiger partial charge in [-0.2, -0.15) is 0 Å². The molecule has 0 spiro atoms. The minimum absolute atomic E-state index is 0.0108. The molecule has 1 unspecified atom stereocenters. The normalized spacial score (nSPS) is 16.8. The number of hydrogen-bond donors (Lipinski definition) is 2. The van der Waals surface area contributed by atoms with Crippen molar-refractivity contribution in [3.05, 3.63) is 24.3 Å². The van der Waals surface area contributed by atoms with Gasteiger partial charge in [-0.25, -0.2) is 0 Å². The van der Waals surface area contributed by atoms with Crippen LogP contribution in [0.3, 0.4) is 0 Å². The van der Waals surface area contributed by atoms with Gasteiger partial charge in [0.25, 0.3) is 5.91 Å². The number of hydrogen-bond acceptors (Lipinski definition) is 4. The number of rotatable bonds is 5. The molecule has 1 atom stereocenters. The lowest BCUT2D eigenvalue weighted by atomic mass is 9.91. The number of phenols is 1. The highest BCUT2D eigenvalue weighted by Gasteiger charge is 2.27. The lowest BCUT2D eigenvalue weighted by Gasteiger charge is -2.34. The second kappa shape index (κ2) is 8.43.